The van der Waals surface area contributed by atoms with E-state index < -0.39 is 18.0 Å². The summed E-state index contributed by atoms with van der Waals surface area (Å²) in [6.07, 6.45) is 0.706. The monoisotopic (exact) mass is 285 g/mol. The van der Waals surface area contributed by atoms with Gasteiger partial charge in [-0.1, -0.05) is 11.8 Å². The number of carboxylic acids is 1. The van der Waals surface area contributed by atoms with E-state index in [0.29, 0.717) is 11.5 Å². The van der Waals surface area contributed by atoms with Crippen molar-refractivity contribution in [2.75, 3.05) is 6.61 Å². The average molecular weight is 285 g/mol. The number of ether oxygens (including phenoxy) is 1. The molecule has 3 aliphatic heterocycles. The number of aliphatic hydroxyl groups is 1. The first-order valence-corrected chi connectivity index (χ1v) is 7.17. The van der Waals surface area contributed by atoms with Crippen molar-refractivity contribution in [2.45, 2.75) is 37.3 Å². The molecular formula is C12H15NO5S. The lowest BCUT2D eigenvalue weighted by Gasteiger charge is -2.43. The Bertz CT molecular complexity index is 469. The van der Waals surface area contributed by atoms with Crippen molar-refractivity contribution in [1.29, 1.82) is 0 Å². The highest BCUT2D eigenvalue weighted by Gasteiger charge is 2.58. The smallest absolute Gasteiger partial charge is 0.353 e. The van der Waals surface area contributed by atoms with Crippen molar-refractivity contribution in [3.63, 3.8) is 0 Å². The van der Waals surface area contributed by atoms with Crippen molar-refractivity contribution in [1.82, 2.24) is 4.90 Å². The molecule has 0 aromatic carbocycles. The van der Waals surface area contributed by atoms with Crippen LogP contribution in [0.5, 0.6) is 0 Å². The summed E-state index contributed by atoms with van der Waals surface area (Å²) in [7, 11) is 0. The van der Waals surface area contributed by atoms with E-state index in [1.807, 2.05) is 0 Å². The maximum atomic E-state index is 12.0. The molecule has 3 aliphatic rings. The van der Waals surface area contributed by atoms with Crippen LogP contribution in [-0.4, -0.2) is 51.2 Å². The molecule has 0 radical (unpaired) electrons. The average Bonchev–Trinajstić information content (AvgIpc) is 2.92. The summed E-state index contributed by atoms with van der Waals surface area (Å²) in [5.41, 5.74) is 0.0452. The molecule has 0 aromatic heterocycles. The zero-order chi connectivity index (χ0) is 13.7. The second-order valence-corrected chi connectivity index (χ2v) is 6.16. The summed E-state index contributed by atoms with van der Waals surface area (Å²) in [6.45, 7) is 2.19. The largest absolute Gasteiger partial charge is 0.477 e. The molecule has 1 amide bonds. The number of hydrogen-bond donors (Lipinski definition) is 2. The predicted molar refractivity (Wildman–Crippen MR) is 67.0 cm³/mol. The first kappa shape index (κ1) is 13.0. The summed E-state index contributed by atoms with van der Waals surface area (Å²) < 4.78 is 5.53. The van der Waals surface area contributed by atoms with Gasteiger partial charge in [-0.05, 0) is 19.8 Å². The minimum absolute atomic E-state index is 0.0452. The molecule has 4 atom stereocenters. The van der Waals surface area contributed by atoms with E-state index in [9.17, 15) is 19.8 Å². The van der Waals surface area contributed by atoms with Crippen LogP contribution >= 0.6 is 11.8 Å². The highest BCUT2D eigenvalue weighted by Crippen LogP contribution is 2.52. The predicted octanol–water partition coefficient (Wildman–Crippen LogP) is 0.374. The van der Waals surface area contributed by atoms with Gasteiger partial charge >= 0.3 is 5.97 Å². The number of carbonyl (C=O) groups is 2. The van der Waals surface area contributed by atoms with Crippen LogP contribution in [-0.2, 0) is 14.3 Å². The maximum absolute atomic E-state index is 12.0. The first-order chi connectivity index (χ1) is 9.02. The molecule has 7 heteroatoms. The van der Waals surface area contributed by atoms with Gasteiger partial charge in [0.15, 0.2) is 0 Å². The zero-order valence-corrected chi connectivity index (χ0v) is 11.2. The first-order valence-electron chi connectivity index (χ1n) is 6.29. The normalized spacial score (nSPS) is 35.4. The van der Waals surface area contributed by atoms with Gasteiger partial charge in [0.05, 0.1) is 18.1 Å². The number of fused-ring (bicyclic) bond motifs is 1. The summed E-state index contributed by atoms with van der Waals surface area (Å²) >= 11 is 1.35. The van der Waals surface area contributed by atoms with Crippen LogP contribution in [0.2, 0.25) is 0 Å². The third-order valence-corrected chi connectivity index (χ3v) is 5.21. The lowest BCUT2D eigenvalue weighted by Crippen LogP contribution is -2.60. The number of carboxylic acid groups (broad SMARTS) is 1. The van der Waals surface area contributed by atoms with Crippen molar-refractivity contribution in [2.24, 2.45) is 5.92 Å². The lowest BCUT2D eigenvalue weighted by molar-refractivity contribution is -0.156. The zero-order valence-electron chi connectivity index (χ0n) is 10.4. The SMILES string of the molecule is C[C@H](O)C1C(=O)N2C(C(=O)O)=C([C@H]3CCCO3)S[C@@H]12. The molecule has 2 N–H and O–H groups in total. The molecule has 6 nitrogen and oxygen atoms in total. The molecule has 3 rings (SSSR count). The number of nitrogens with zero attached hydrogens (tertiary/aromatic N) is 1. The van der Waals surface area contributed by atoms with E-state index in [-0.39, 0.29) is 23.1 Å². The fourth-order valence-electron chi connectivity index (χ4n) is 2.82. The molecule has 0 saturated carbocycles. The van der Waals surface area contributed by atoms with Crippen molar-refractivity contribution in [3.05, 3.63) is 10.6 Å². The van der Waals surface area contributed by atoms with Crippen LogP contribution in [0, 0.1) is 5.92 Å². The van der Waals surface area contributed by atoms with Gasteiger partial charge in [-0.3, -0.25) is 9.69 Å². The fourth-order valence-corrected chi connectivity index (χ4v) is 4.52. The van der Waals surface area contributed by atoms with Gasteiger partial charge in [0, 0.05) is 11.5 Å². The Morgan fingerprint density at radius 2 is 2.32 bits per heavy atom. The maximum Gasteiger partial charge on any atom is 0.353 e. The molecule has 0 spiro atoms. The summed E-state index contributed by atoms with van der Waals surface area (Å²) in [5, 5.41) is 18.6. The van der Waals surface area contributed by atoms with Crippen LogP contribution < -0.4 is 0 Å². The topological polar surface area (TPSA) is 87.1 Å². The van der Waals surface area contributed by atoms with Gasteiger partial charge in [0.1, 0.15) is 11.1 Å². The Kier molecular flexibility index (Phi) is 3.07. The molecule has 0 aromatic rings. The highest BCUT2D eigenvalue weighted by atomic mass is 32.2. The fraction of sp³-hybridized carbons (Fsp3) is 0.667. The van der Waals surface area contributed by atoms with Gasteiger partial charge in [-0.25, -0.2) is 4.79 Å². The Balaban J connectivity index is 1.91. The number of aliphatic carboxylic acids is 1. The van der Waals surface area contributed by atoms with Crippen molar-refractivity contribution < 1.29 is 24.5 Å². The van der Waals surface area contributed by atoms with Gasteiger partial charge in [0.2, 0.25) is 5.91 Å². The third kappa shape index (κ3) is 1.79. The summed E-state index contributed by atoms with van der Waals surface area (Å²) in [4.78, 5) is 25.3. The molecule has 1 unspecified atom stereocenters. The standard InChI is InChI=1S/C12H15NO5S/c1-5(14)7-10(15)13-8(12(16)17)9(19-11(7)13)6-3-2-4-18-6/h5-7,11,14H,2-4H2,1H3,(H,16,17)/t5-,6+,7?,11-/m0/s1. The Labute approximate surface area is 114 Å². The number of thioether (sulfide) groups is 1. The third-order valence-electron chi connectivity index (χ3n) is 3.75. The van der Waals surface area contributed by atoms with E-state index in [0.717, 1.165) is 12.8 Å². The molecule has 19 heavy (non-hydrogen) atoms. The molecule has 2 fully saturated rings. The van der Waals surface area contributed by atoms with E-state index in [2.05, 4.69) is 0 Å². The van der Waals surface area contributed by atoms with Crippen molar-refractivity contribution in [3.8, 4) is 0 Å². The van der Waals surface area contributed by atoms with Crippen molar-refractivity contribution >= 4 is 23.6 Å². The minimum atomic E-state index is -1.10. The molecule has 104 valence electrons. The van der Waals surface area contributed by atoms with Crippen LogP contribution in [0.1, 0.15) is 19.8 Å². The minimum Gasteiger partial charge on any atom is -0.477 e. The number of rotatable bonds is 3. The highest BCUT2D eigenvalue weighted by molar-refractivity contribution is 8.04. The summed E-state index contributed by atoms with van der Waals surface area (Å²) in [5.74, 6) is -1.92. The van der Waals surface area contributed by atoms with Crippen LogP contribution in [0.25, 0.3) is 0 Å². The number of β-lactam (4-membered cyclic amide) rings is 1. The number of carbonyl (C=O) groups excluding carboxylic acids is 1. The molecule has 2 saturated heterocycles. The van der Waals surface area contributed by atoms with E-state index in [1.54, 1.807) is 6.92 Å². The summed E-state index contributed by atoms with van der Waals surface area (Å²) in [6, 6.07) is 0. The quantitative estimate of drug-likeness (QED) is 0.729. The van der Waals surface area contributed by atoms with Gasteiger partial charge in [-0.2, -0.15) is 0 Å². The molecule has 3 heterocycles. The number of aliphatic hydroxyl groups excluding tert-OH is 1. The van der Waals surface area contributed by atoms with E-state index in [4.69, 9.17) is 4.74 Å². The molecule has 0 aliphatic carbocycles. The Morgan fingerprint density at radius 1 is 1.58 bits per heavy atom. The molecule has 0 bridgehead atoms. The van der Waals surface area contributed by atoms with Gasteiger partial charge in [0.25, 0.3) is 0 Å². The Morgan fingerprint density at radius 3 is 2.84 bits per heavy atom. The number of amides is 1. The lowest BCUT2D eigenvalue weighted by atomic mass is 9.92. The van der Waals surface area contributed by atoms with E-state index in [1.165, 1.54) is 16.7 Å². The second-order valence-electron chi connectivity index (χ2n) is 5.00. The number of hydrogen-bond acceptors (Lipinski definition) is 5. The van der Waals surface area contributed by atoms with Gasteiger partial charge in [-0.15, -0.1) is 0 Å². The Hall–Kier alpha value is -1.05. The molecular weight excluding hydrogens is 270 g/mol. The van der Waals surface area contributed by atoms with Gasteiger partial charge < -0.3 is 14.9 Å². The second kappa shape index (κ2) is 4.50. The van der Waals surface area contributed by atoms with Crippen LogP contribution in [0.15, 0.2) is 10.6 Å². The van der Waals surface area contributed by atoms with Crippen LogP contribution in [0.3, 0.4) is 0 Å². The van der Waals surface area contributed by atoms with E-state index >= 15 is 0 Å². The van der Waals surface area contributed by atoms with Crippen LogP contribution in [0.4, 0.5) is 0 Å².